The molecule has 0 radical (unpaired) electrons. The minimum atomic E-state index is -0.409. The maximum atomic E-state index is 11.8. The van der Waals surface area contributed by atoms with Crippen molar-refractivity contribution >= 4 is 11.8 Å². The van der Waals surface area contributed by atoms with Crippen molar-refractivity contribution in [1.29, 1.82) is 0 Å². The first-order chi connectivity index (χ1) is 7.57. The minimum absolute atomic E-state index is 0.178. The molecule has 92 valence electrons. The van der Waals surface area contributed by atoms with Crippen LogP contribution in [0.25, 0.3) is 0 Å². The highest BCUT2D eigenvalue weighted by atomic mass is 16.5. The van der Waals surface area contributed by atoms with E-state index in [9.17, 15) is 9.59 Å². The first-order valence-corrected chi connectivity index (χ1v) is 5.93. The van der Waals surface area contributed by atoms with Crippen molar-refractivity contribution < 1.29 is 14.3 Å². The van der Waals surface area contributed by atoms with Gasteiger partial charge < -0.3 is 4.74 Å². The van der Waals surface area contributed by atoms with Gasteiger partial charge in [0.25, 0.3) is 0 Å². The van der Waals surface area contributed by atoms with Crippen LogP contribution in [0.1, 0.15) is 32.6 Å². The number of hydrogen-bond donors (Lipinski definition) is 0. The second-order valence-corrected chi connectivity index (χ2v) is 4.48. The molecule has 2 atom stereocenters. The zero-order chi connectivity index (χ0) is 12.1. The van der Waals surface area contributed by atoms with E-state index >= 15 is 0 Å². The van der Waals surface area contributed by atoms with Gasteiger partial charge in [-0.2, -0.15) is 0 Å². The highest BCUT2D eigenvalue weighted by molar-refractivity contribution is 5.89. The van der Waals surface area contributed by atoms with Crippen LogP contribution in [0.2, 0.25) is 0 Å². The highest BCUT2D eigenvalue weighted by Crippen LogP contribution is 2.26. The Hall–Kier alpha value is -0.900. The molecule has 0 N–H and O–H groups in total. The Balaban J connectivity index is 2.75. The Morgan fingerprint density at radius 3 is 2.69 bits per heavy atom. The smallest absolute Gasteiger partial charge is 0.324 e. The van der Waals surface area contributed by atoms with Crippen molar-refractivity contribution in [2.24, 2.45) is 5.92 Å². The molecule has 4 nitrogen and oxygen atoms in total. The molecule has 0 spiro atoms. The zero-order valence-corrected chi connectivity index (χ0v) is 10.4. The average Bonchev–Trinajstić information content (AvgIpc) is 2.21. The molecule has 0 bridgehead atoms. The third-order valence-corrected chi connectivity index (χ3v) is 3.07. The van der Waals surface area contributed by atoms with Gasteiger partial charge in [-0.05, 0) is 33.9 Å². The van der Waals surface area contributed by atoms with Crippen LogP contribution in [0.15, 0.2) is 0 Å². The van der Waals surface area contributed by atoms with Crippen molar-refractivity contribution in [3.8, 4) is 0 Å². The molecule has 1 aliphatic carbocycles. The lowest BCUT2D eigenvalue weighted by atomic mass is 9.82. The Morgan fingerprint density at radius 2 is 2.19 bits per heavy atom. The van der Waals surface area contributed by atoms with Crippen LogP contribution in [-0.2, 0) is 14.3 Å². The van der Waals surface area contributed by atoms with Crippen LogP contribution >= 0.6 is 0 Å². The van der Waals surface area contributed by atoms with E-state index in [2.05, 4.69) is 0 Å². The van der Waals surface area contributed by atoms with E-state index in [0.29, 0.717) is 13.0 Å². The predicted molar refractivity (Wildman–Crippen MR) is 61.1 cm³/mol. The monoisotopic (exact) mass is 227 g/mol. The first kappa shape index (κ1) is 13.2. The van der Waals surface area contributed by atoms with Crippen molar-refractivity contribution in [1.82, 2.24) is 4.90 Å². The van der Waals surface area contributed by atoms with Gasteiger partial charge in [0, 0.05) is 12.3 Å². The molecule has 1 aliphatic rings. The van der Waals surface area contributed by atoms with E-state index in [-0.39, 0.29) is 17.7 Å². The molecule has 1 saturated carbocycles. The fraction of sp³-hybridized carbons (Fsp3) is 0.833. The number of nitrogens with zero attached hydrogens (tertiary/aromatic N) is 1. The SMILES string of the molecule is CCOC(=O)[C@H]([C@H]1CCCCC1=O)N(C)C. The van der Waals surface area contributed by atoms with Crippen LogP contribution in [0.5, 0.6) is 0 Å². The zero-order valence-electron chi connectivity index (χ0n) is 10.4. The van der Waals surface area contributed by atoms with Gasteiger partial charge in [-0.15, -0.1) is 0 Å². The molecular formula is C12H21NO3. The fourth-order valence-electron chi connectivity index (χ4n) is 2.31. The Bertz CT molecular complexity index is 263. The number of carbonyl (C=O) groups is 2. The standard InChI is InChI=1S/C12H21NO3/c1-4-16-12(15)11(13(2)3)9-7-5-6-8-10(9)14/h9,11H,4-8H2,1-3H3/t9-,11-/m0/s1. The molecule has 0 heterocycles. The van der Waals surface area contributed by atoms with Gasteiger partial charge in [0.2, 0.25) is 0 Å². The Labute approximate surface area is 96.9 Å². The van der Waals surface area contributed by atoms with Crippen molar-refractivity contribution in [2.75, 3.05) is 20.7 Å². The van der Waals surface area contributed by atoms with Crippen LogP contribution < -0.4 is 0 Å². The number of hydrogen-bond acceptors (Lipinski definition) is 4. The summed E-state index contributed by atoms with van der Waals surface area (Å²) in [5.74, 6) is -0.242. The molecule has 0 aliphatic heterocycles. The summed E-state index contributed by atoms with van der Waals surface area (Å²) in [4.78, 5) is 25.4. The molecule has 0 aromatic heterocycles. The number of Topliss-reactive ketones (excluding diaryl/α,β-unsaturated/α-hetero) is 1. The van der Waals surface area contributed by atoms with Gasteiger partial charge >= 0.3 is 5.97 Å². The molecule has 4 heteroatoms. The highest BCUT2D eigenvalue weighted by Gasteiger charge is 2.37. The molecular weight excluding hydrogens is 206 g/mol. The van der Waals surface area contributed by atoms with Gasteiger partial charge in [0.1, 0.15) is 11.8 Å². The van der Waals surface area contributed by atoms with E-state index in [1.54, 1.807) is 11.8 Å². The van der Waals surface area contributed by atoms with E-state index in [4.69, 9.17) is 4.74 Å². The van der Waals surface area contributed by atoms with Crippen LogP contribution in [0.3, 0.4) is 0 Å². The van der Waals surface area contributed by atoms with Crippen LogP contribution in [-0.4, -0.2) is 43.4 Å². The molecule has 0 unspecified atom stereocenters. The summed E-state index contributed by atoms with van der Waals surface area (Å²) in [5.41, 5.74) is 0. The van der Waals surface area contributed by atoms with Gasteiger partial charge in [-0.25, -0.2) is 0 Å². The van der Waals surface area contributed by atoms with E-state index in [1.165, 1.54) is 0 Å². The van der Waals surface area contributed by atoms with Crippen molar-refractivity contribution in [3.63, 3.8) is 0 Å². The third kappa shape index (κ3) is 3.04. The largest absolute Gasteiger partial charge is 0.465 e. The summed E-state index contributed by atoms with van der Waals surface area (Å²) in [7, 11) is 3.65. The number of carbonyl (C=O) groups excluding carboxylic acids is 2. The fourth-order valence-corrected chi connectivity index (χ4v) is 2.31. The summed E-state index contributed by atoms with van der Waals surface area (Å²) in [6.45, 7) is 2.15. The topological polar surface area (TPSA) is 46.6 Å². The van der Waals surface area contributed by atoms with E-state index in [0.717, 1.165) is 19.3 Å². The lowest BCUT2D eigenvalue weighted by molar-refractivity contribution is -0.153. The molecule has 0 amide bonds. The minimum Gasteiger partial charge on any atom is -0.465 e. The Morgan fingerprint density at radius 1 is 1.50 bits per heavy atom. The number of ether oxygens (including phenoxy) is 1. The van der Waals surface area contributed by atoms with Gasteiger partial charge in [-0.1, -0.05) is 6.42 Å². The quantitative estimate of drug-likeness (QED) is 0.678. The second kappa shape index (κ2) is 5.99. The van der Waals surface area contributed by atoms with Gasteiger partial charge in [-0.3, -0.25) is 14.5 Å². The maximum absolute atomic E-state index is 11.8. The second-order valence-electron chi connectivity index (χ2n) is 4.48. The van der Waals surface area contributed by atoms with Crippen molar-refractivity contribution in [3.05, 3.63) is 0 Å². The van der Waals surface area contributed by atoms with Gasteiger partial charge in [0.15, 0.2) is 0 Å². The first-order valence-electron chi connectivity index (χ1n) is 5.93. The molecule has 1 rings (SSSR count). The van der Waals surface area contributed by atoms with Gasteiger partial charge in [0.05, 0.1) is 6.61 Å². The summed E-state index contributed by atoms with van der Waals surface area (Å²) in [6.07, 6.45) is 3.40. The normalized spacial score (nSPS) is 23.2. The summed E-state index contributed by atoms with van der Waals surface area (Å²) >= 11 is 0. The van der Waals surface area contributed by atoms with E-state index in [1.807, 2.05) is 14.1 Å². The molecule has 0 aromatic carbocycles. The van der Waals surface area contributed by atoms with Crippen molar-refractivity contribution in [2.45, 2.75) is 38.6 Å². The lowest BCUT2D eigenvalue weighted by Crippen LogP contribution is -2.47. The number of ketones is 1. The lowest BCUT2D eigenvalue weighted by Gasteiger charge is -2.31. The van der Waals surface area contributed by atoms with Crippen LogP contribution in [0.4, 0.5) is 0 Å². The summed E-state index contributed by atoms with van der Waals surface area (Å²) < 4.78 is 5.03. The molecule has 0 saturated heterocycles. The average molecular weight is 227 g/mol. The van der Waals surface area contributed by atoms with Crippen LogP contribution in [0, 0.1) is 5.92 Å². The Kier molecular flexibility index (Phi) is 4.93. The number of esters is 1. The molecule has 0 aromatic rings. The number of rotatable bonds is 4. The molecule has 16 heavy (non-hydrogen) atoms. The number of likely N-dealkylation sites (N-methyl/N-ethyl adjacent to an activating group) is 1. The third-order valence-electron chi connectivity index (χ3n) is 3.07. The van der Waals surface area contributed by atoms with E-state index < -0.39 is 6.04 Å². The summed E-state index contributed by atoms with van der Waals surface area (Å²) in [6, 6.07) is -0.409. The summed E-state index contributed by atoms with van der Waals surface area (Å²) in [5, 5.41) is 0. The maximum Gasteiger partial charge on any atom is 0.324 e. The molecule has 1 fully saturated rings. The predicted octanol–water partition coefficient (Wildman–Crippen LogP) is 1.24.